The summed E-state index contributed by atoms with van der Waals surface area (Å²) < 4.78 is 5.12. The fraction of sp³-hybridized carbons (Fsp3) is 0.500. The lowest BCUT2D eigenvalue weighted by atomic mass is 10.1. The Hall–Kier alpha value is -1.33. The third-order valence-corrected chi connectivity index (χ3v) is 3.76. The van der Waals surface area contributed by atoms with Crippen LogP contribution in [0.3, 0.4) is 0 Å². The molecule has 1 saturated heterocycles. The summed E-state index contributed by atoms with van der Waals surface area (Å²) in [4.78, 5) is 2.12. The van der Waals surface area contributed by atoms with Gasteiger partial charge in [-0.2, -0.15) is 0 Å². The van der Waals surface area contributed by atoms with Crippen molar-refractivity contribution in [2.45, 2.75) is 25.5 Å². The molecule has 0 amide bonds. The second-order valence-corrected chi connectivity index (χ2v) is 5.11. The van der Waals surface area contributed by atoms with Gasteiger partial charge in [0.25, 0.3) is 0 Å². The highest BCUT2D eigenvalue weighted by atomic mass is 32.1. The van der Waals surface area contributed by atoms with Crippen LogP contribution < -0.4 is 10.1 Å². The summed E-state index contributed by atoms with van der Waals surface area (Å²) in [5.74, 6) is 0.858. The van der Waals surface area contributed by atoms with Crippen molar-refractivity contribution in [1.82, 2.24) is 10.2 Å². The standard InChI is InChI=1S/C14H20N2O2S/c1-18-13-4-2-11(3-5-13)10-15-14(19)16-8-6-12(17)7-9-16/h2-5,12,17H,6-10H2,1H3,(H,15,19). The molecule has 0 radical (unpaired) electrons. The van der Waals surface area contributed by atoms with Crippen LogP contribution in [0, 0.1) is 0 Å². The molecule has 0 aliphatic carbocycles. The van der Waals surface area contributed by atoms with E-state index in [2.05, 4.69) is 10.2 Å². The van der Waals surface area contributed by atoms with E-state index in [1.807, 2.05) is 24.3 Å². The molecule has 1 aliphatic rings. The number of nitrogens with one attached hydrogen (secondary N) is 1. The van der Waals surface area contributed by atoms with E-state index < -0.39 is 0 Å². The van der Waals surface area contributed by atoms with Crippen LogP contribution in [0.15, 0.2) is 24.3 Å². The van der Waals surface area contributed by atoms with Crippen LogP contribution in [0.4, 0.5) is 0 Å². The van der Waals surface area contributed by atoms with Crippen molar-refractivity contribution < 1.29 is 9.84 Å². The van der Waals surface area contributed by atoms with Crippen LogP contribution in [0.25, 0.3) is 0 Å². The van der Waals surface area contributed by atoms with Gasteiger partial charge in [0, 0.05) is 19.6 Å². The summed E-state index contributed by atoms with van der Waals surface area (Å²) in [7, 11) is 1.66. The van der Waals surface area contributed by atoms with Crippen molar-refractivity contribution in [2.75, 3.05) is 20.2 Å². The van der Waals surface area contributed by atoms with Gasteiger partial charge in [0.15, 0.2) is 5.11 Å². The first-order valence-electron chi connectivity index (χ1n) is 6.53. The van der Waals surface area contributed by atoms with Crippen LogP contribution in [0.5, 0.6) is 5.75 Å². The maximum absolute atomic E-state index is 9.46. The van der Waals surface area contributed by atoms with E-state index in [0.717, 1.165) is 36.8 Å². The monoisotopic (exact) mass is 280 g/mol. The molecule has 1 aromatic carbocycles. The first kappa shape index (κ1) is 14.1. The van der Waals surface area contributed by atoms with Gasteiger partial charge in [0.2, 0.25) is 0 Å². The highest BCUT2D eigenvalue weighted by Gasteiger charge is 2.18. The van der Waals surface area contributed by atoms with E-state index in [1.54, 1.807) is 7.11 Å². The molecule has 0 atom stereocenters. The molecule has 1 heterocycles. The van der Waals surface area contributed by atoms with E-state index in [0.29, 0.717) is 6.54 Å². The second-order valence-electron chi connectivity index (χ2n) is 4.73. The molecular weight excluding hydrogens is 260 g/mol. The van der Waals surface area contributed by atoms with Gasteiger partial charge >= 0.3 is 0 Å². The third-order valence-electron chi connectivity index (χ3n) is 3.35. The molecule has 0 aromatic heterocycles. The second kappa shape index (κ2) is 6.73. The SMILES string of the molecule is COc1ccc(CNC(=S)N2CCC(O)CC2)cc1. The molecular formula is C14H20N2O2S. The van der Waals surface area contributed by atoms with E-state index in [9.17, 15) is 5.11 Å². The van der Waals surface area contributed by atoms with Gasteiger partial charge in [-0.25, -0.2) is 0 Å². The summed E-state index contributed by atoms with van der Waals surface area (Å²) in [6, 6.07) is 7.93. The zero-order valence-corrected chi connectivity index (χ0v) is 11.9. The van der Waals surface area contributed by atoms with Crippen molar-refractivity contribution in [3.05, 3.63) is 29.8 Å². The molecule has 1 fully saturated rings. The number of ether oxygens (including phenoxy) is 1. The number of benzene rings is 1. The smallest absolute Gasteiger partial charge is 0.169 e. The summed E-state index contributed by atoms with van der Waals surface area (Å²) in [5.41, 5.74) is 1.17. The Bertz CT molecular complexity index is 414. The van der Waals surface area contributed by atoms with E-state index in [1.165, 1.54) is 5.56 Å². The average molecular weight is 280 g/mol. The van der Waals surface area contributed by atoms with Crippen LogP contribution in [-0.2, 0) is 6.54 Å². The molecule has 1 aliphatic heterocycles. The molecule has 2 rings (SSSR count). The number of piperidine rings is 1. The van der Waals surface area contributed by atoms with Gasteiger partial charge in [-0.05, 0) is 42.8 Å². The predicted octanol–water partition coefficient (Wildman–Crippen LogP) is 1.53. The first-order valence-corrected chi connectivity index (χ1v) is 6.93. The Balaban J connectivity index is 1.79. The Morgan fingerprint density at radius 2 is 2.00 bits per heavy atom. The van der Waals surface area contributed by atoms with Crippen molar-refractivity contribution in [2.24, 2.45) is 0 Å². The number of hydrogen-bond donors (Lipinski definition) is 2. The lowest BCUT2D eigenvalue weighted by Crippen LogP contribution is -2.45. The highest BCUT2D eigenvalue weighted by molar-refractivity contribution is 7.80. The fourth-order valence-electron chi connectivity index (χ4n) is 2.10. The zero-order valence-electron chi connectivity index (χ0n) is 11.1. The van der Waals surface area contributed by atoms with E-state index >= 15 is 0 Å². The van der Waals surface area contributed by atoms with Crippen LogP contribution in [-0.4, -0.2) is 41.4 Å². The van der Waals surface area contributed by atoms with Gasteiger partial charge in [-0.1, -0.05) is 12.1 Å². The number of likely N-dealkylation sites (tertiary alicyclic amines) is 1. The van der Waals surface area contributed by atoms with E-state index in [-0.39, 0.29) is 6.10 Å². The minimum atomic E-state index is -0.166. The molecule has 19 heavy (non-hydrogen) atoms. The molecule has 0 saturated carbocycles. The maximum Gasteiger partial charge on any atom is 0.169 e. The van der Waals surface area contributed by atoms with Crippen LogP contribution >= 0.6 is 12.2 Å². The van der Waals surface area contributed by atoms with Gasteiger partial charge in [0.1, 0.15) is 5.75 Å². The van der Waals surface area contributed by atoms with Gasteiger partial charge < -0.3 is 20.1 Å². The van der Waals surface area contributed by atoms with Gasteiger partial charge in [-0.15, -0.1) is 0 Å². The fourth-order valence-corrected chi connectivity index (χ4v) is 2.36. The summed E-state index contributed by atoms with van der Waals surface area (Å²) >= 11 is 5.37. The minimum absolute atomic E-state index is 0.166. The Morgan fingerprint density at radius 3 is 2.58 bits per heavy atom. The minimum Gasteiger partial charge on any atom is -0.497 e. The van der Waals surface area contributed by atoms with Crippen LogP contribution in [0.1, 0.15) is 18.4 Å². The number of thiocarbonyl (C=S) groups is 1. The number of aliphatic hydroxyl groups is 1. The van der Waals surface area contributed by atoms with Crippen molar-refractivity contribution >= 4 is 17.3 Å². The lowest BCUT2D eigenvalue weighted by molar-refractivity contribution is 0.109. The third kappa shape index (κ3) is 4.08. The van der Waals surface area contributed by atoms with Crippen LogP contribution in [0.2, 0.25) is 0 Å². The topological polar surface area (TPSA) is 44.7 Å². The summed E-state index contributed by atoms with van der Waals surface area (Å²) in [5, 5.41) is 13.5. The Morgan fingerprint density at radius 1 is 1.37 bits per heavy atom. The molecule has 5 heteroatoms. The Labute approximate surface area is 119 Å². The first-order chi connectivity index (χ1) is 9.19. The largest absolute Gasteiger partial charge is 0.497 e. The lowest BCUT2D eigenvalue weighted by Gasteiger charge is -2.31. The number of aliphatic hydroxyl groups excluding tert-OH is 1. The molecule has 4 nitrogen and oxygen atoms in total. The molecule has 0 unspecified atom stereocenters. The number of hydrogen-bond acceptors (Lipinski definition) is 3. The average Bonchev–Trinajstić information content (AvgIpc) is 2.46. The molecule has 1 aromatic rings. The highest BCUT2D eigenvalue weighted by Crippen LogP contribution is 2.12. The molecule has 0 spiro atoms. The number of methoxy groups -OCH3 is 1. The predicted molar refractivity (Wildman–Crippen MR) is 79.2 cm³/mol. The zero-order chi connectivity index (χ0) is 13.7. The summed E-state index contributed by atoms with van der Waals surface area (Å²) in [6.45, 7) is 2.37. The number of nitrogens with zero attached hydrogens (tertiary/aromatic N) is 1. The van der Waals surface area contributed by atoms with Gasteiger partial charge in [0.05, 0.1) is 13.2 Å². The molecule has 104 valence electrons. The molecule has 0 bridgehead atoms. The van der Waals surface area contributed by atoms with Crippen molar-refractivity contribution in [3.8, 4) is 5.75 Å². The quantitative estimate of drug-likeness (QED) is 0.822. The summed E-state index contributed by atoms with van der Waals surface area (Å²) in [6.07, 6.45) is 1.43. The van der Waals surface area contributed by atoms with Crippen molar-refractivity contribution in [1.29, 1.82) is 0 Å². The van der Waals surface area contributed by atoms with Gasteiger partial charge in [-0.3, -0.25) is 0 Å². The molecule has 2 N–H and O–H groups in total. The normalized spacial score (nSPS) is 16.2. The number of rotatable bonds is 3. The Kier molecular flexibility index (Phi) is 4.99. The maximum atomic E-state index is 9.46. The van der Waals surface area contributed by atoms with E-state index in [4.69, 9.17) is 17.0 Å². The van der Waals surface area contributed by atoms with Crippen molar-refractivity contribution in [3.63, 3.8) is 0 Å².